The maximum absolute atomic E-state index is 3.47. The van der Waals surface area contributed by atoms with Crippen molar-refractivity contribution in [3.05, 3.63) is 158 Å². The molecule has 0 radical (unpaired) electrons. The molecule has 6 rings (SSSR count). The van der Waals surface area contributed by atoms with Crippen molar-refractivity contribution in [2.45, 2.75) is 0 Å². The van der Waals surface area contributed by atoms with Gasteiger partial charge in [0.1, 0.15) is 0 Å². The van der Waals surface area contributed by atoms with Crippen molar-refractivity contribution in [1.82, 2.24) is 0 Å². The molecule has 0 saturated heterocycles. The molecule has 0 fully saturated rings. The highest BCUT2D eigenvalue weighted by molar-refractivity contribution is 5.88. The quantitative estimate of drug-likeness (QED) is 0.254. The minimum absolute atomic E-state index is 1.08. The van der Waals surface area contributed by atoms with Gasteiger partial charge < -0.3 is 5.32 Å². The first-order valence-corrected chi connectivity index (χ1v) is 12.6. The van der Waals surface area contributed by atoms with Gasteiger partial charge in [-0.3, -0.25) is 0 Å². The zero-order chi connectivity index (χ0) is 24.9. The van der Waals surface area contributed by atoms with Crippen molar-refractivity contribution < 1.29 is 0 Å². The summed E-state index contributed by atoms with van der Waals surface area (Å²) in [6.45, 7) is 0. The first-order valence-electron chi connectivity index (χ1n) is 12.6. The third kappa shape index (κ3) is 5.07. The van der Waals surface area contributed by atoms with Crippen molar-refractivity contribution in [1.29, 1.82) is 0 Å². The topological polar surface area (TPSA) is 12.0 Å². The first-order chi connectivity index (χ1) is 18.3. The van der Waals surface area contributed by atoms with Gasteiger partial charge in [0.05, 0.1) is 0 Å². The molecular formula is C36H27N. The van der Waals surface area contributed by atoms with Crippen LogP contribution in [0.3, 0.4) is 0 Å². The molecule has 0 aliphatic heterocycles. The normalized spacial score (nSPS) is 10.7. The van der Waals surface area contributed by atoms with Crippen LogP contribution in [0.25, 0.3) is 44.5 Å². The fraction of sp³-hybridized carbons (Fsp3) is 0. The highest BCUT2D eigenvalue weighted by Gasteiger charge is 2.11. The summed E-state index contributed by atoms with van der Waals surface area (Å²) in [6, 6.07) is 55.8. The molecule has 1 N–H and O–H groups in total. The maximum atomic E-state index is 3.47. The van der Waals surface area contributed by atoms with Gasteiger partial charge in [0.2, 0.25) is 0 Å². The Labute approximate surface area is 218 Å². The van der Waals surface area contributed by atoms with Crippen LogP contribution in [-0.4, -0.2) is 0 Å². The lowest BCUT2D eigenvalue weighted by Crippen LogP contribution is -1.90. The van der Waals surface area contributed by atoms with Crippen LogP contribution in [0.2, 0.25) is 0 Å². The number of anilines is 2. The van der Waals surface area contributed by atoms with Gasteiger partial charge in [-0.25, -0.2) is 0 Å². The Balaban J connectivity index is 1.34. The predicted molar refractivity (Wildman–Crippen MR) is 158 cm³/mol. The molecule has 0 atom stereocenters. The van der Waals surface area contributed by atoms with E-state index in [1.54, 1.807) is 0 Å². The molecule has 0 bridgehead atoms. The van der Waals surface area contributed by atoms with Gasteiger partial charge in [-0.1, -0.05) is 127 Å². The predicted octanol–water partition coefficient (Wildman–Crippen LogP) is 10.1. The lowest BCUT2D eigenvalue weighted by atomic mass is 9.90. The molecule has 6 aromatic carbocycles. The molecule has 0 aliphatic carbocycles. The molecule has 0 unspecified atom stereocenters. The highest BCUT2D eigenvalue weighted by atomic mass is 14.9. The monoisotopic (exact) mass is 473 g/mol. The van der Waals surface area contributed by atoms with Gasteiger partial charge in [-0.05, 0) is 74.8 Å². The van der Waals surface area contributed by atoms with Crippen LogP contribution >= 0.6 is 0 Å². The van der Waals surface area contributed by atoms with Gasteiger partial charge in [-0.2, -0.15) is 0 Å². The molecule has 0 amide bonds. The summed E-state index contributed by atoms with van der Waals surface area (Å²) in [6.07, 6.45) is 0. The summed E-state index contributed by atoms with van der Waals surface area (Å²) in [4.78, 5) is 0. The smallest absolute Gasteiger partial charge is 0.0384 e. The van der Waals surface area contributed by atoms with Crippen LogP contribution in [0.15, 0.2) is 158 Å². The third-order valence-electron chi connectivity index (χ3n) is 6.69. The maximum Gasteiger partial charge on any atom is 0.0384 e. The van der Waals surface area contributed by atoms with E-state index in [0.29, 0.717) is 0 Å². The van der Waals surface area contributed by atoms with Crippen LogP contribution in [0.5, 0.6) is 0 Å². The number of nitrogens with one attached hydrogen (secondary N) is 1. The van der Waals surface area contributed by atoms with E-state index in [1.807, 2.05) is 18.2 Å². The SMILES string of the molecule is c1ccc(Nc2ccc(-c3ccc(-c4ccc(-c5ccccc5)cc4)c(-c4ccccc4)c3)cc2)cc1. The summed E-state index contributed by atoms with van der Waals surface area (Å²) in [7, 11) is 0. The van der Waals surface area contributed by atoms with Gasteiger partial charge in [0.15, 0.2) is 0 Å². The molecule has 0 aliphatic rings. The van der Waals surface area contributed by atoms with E-state index >= 15 is 0 Å². The van der Waals surface area contributed by atoms with Crippen molar-refractivity contribution >= 4 is 11.4 Å². The van der Waals surface area contributed by atoms with Crippen molar-refractivity contribution in [3.8, 4) is 44.5 Å². The minimum Gasteiger partial charge on any atom is -0.356 e. The summed E-state index contributed by atoms with van der Waals surface area (Å²) in [5.41, 5.74) is 11.9. The zero-order valence-electron chi connectivity index (χ0n) is 20.5. The average molecular weight is 474 g/mol. The Morgan fingerprint density at radius 1 is 0.270 bits per heavy atom. The summed E-state index contributed by atoms with van der Waals surface area (Å²) < 4.78 is 0. The summed E-state index contributed by atoms with van der Waals surface area (Å²) in [5, 5.41) is 3.47. The number of benzene rings is 6. The van der Waals surface area contributed by atoms with E-state index < -0.39 is 0 Å². The van der Waals surface area contributed by atoms with Gasteiger partial charge >= 0.3 is 0 Å². The van der Waals surface area contributed by atoms with Crippen LogP contribution in [-0.2, 0) is 0 Å². The van der Waals surface area contributed by atoms with Gasteiger partial charge in [0.25, 0.3) is 0 Å². The lowest BCUT2D eigenvalue weighted by Gasteiger charge is -2.14. The molecule has 0 aromatic heterocycles. The number of rotatable bonds is 6. The molecular weight excluding hydrogens is 446 g/mol. The number of para-hydroxylation sites is 1. The van der Waals surface area contributed by atoms with Crippen LogP contribution < -0.4 is 5.32 Å². The molecule has 6 aromatic rings. The van der Waals surface area contributed by atoms with Crippen molar-refractivity contribution in [3.63, 3.8) is 0 Å². The molecule has 0 spiro atoms. The first kappa shape index (κ1) is 22.6. The third-order valence-corrected chi connectivity index (χ3v) is 6.69. The largest absolute Gasteiger partial charge is 0.356 e. The Hall–Kier alpha value is -4.88. The van der Waals surface area contributed by atoms with E-state index in [2.05, 4.69) is 145 Å². The number of hydrogen-bond acceptors (Lipinski definition) is 1. The molecule has 1 nitrogen and oxygen atoms in total. The molecule has 37 heavy (non-hydrogen) atoms. The van der Waals surface area contributed by atoms with Crippen molar-refractivity contribution in [2.24, 2.45) is 0 Å². The van der Waals surface area contributed by atoms with E-state index in [9.17, 15) is 0 Å². The Bertz CT molecular complexity index is 1590. The summed E-state index contributed by atoms with van der Waals surface area (Å²) >= 11 is 0. The molecule has 1 heteroatoms. The van der Waals surface area contributed by atoms with Crippen LogP contribution in [0.4, 0.5) is 11.4 Å². The van der Waals surface area contributed by atoms with Crippen LogP contribution in [0.1, 0.15) is 0 Å². The van der Waals surface area contributed by atoms with E-state index in [0.717, 1.165) is 11.4 Å². The second kappa shape index (κ2) is 10.4. The number of hydrogen-bond donors (Lipinski definition) is 1. The Kier molecular flexibility index (Phi) is 6.34. The fourth-order valence-electron chi connectivity index (χ4n) is 4.74. The highest BCUT2D eigenvalue weighted by Crippen LogP contribution is 2.37. The van der Waals surface area contributed by atoms with E-state index in [4.69, 9.17) is 0 Å². The minimum atomic E-state index is 1.08. The Morgan fingerprint density at radius 3 is 1.32 bits per heavy atom. The van der Waals surface area contributed by atoms with E-state index in [1.165, 1.54) is 44.5 Å². The Morgan fingerprint density at radius 2 is 0.676 bits per heavy atom. The fourth-order valence-corrected chi connectivity index (χ4v) is 4.74. The van der Waals surface area contributed by atoms with Crippen molar-refractivity contribution in [2.75, 3.05) is 5.32 Å². The molecule has 0 heterocycles. The second-order valence-electron chi connectivity index (χ2n) is 9.14. The van der Waals surface area contributed by atoms with Gasteiger partial charge in [-0.15, -0.1) is 0 Å². The molecule has 0 saturated carbocycles. The van der Waals surface area contributed by atoms with E-state index in [-0.39, 0.29) is 0 Å². The van der Waals surface area contributed by atoms with Gasteiger partial charge in [0, 0.05) is 11.4 Å². The second-order valence-corrected chi connectivity index (χ2v) is 9.14. The zero-order valence-corrected chi connectivity index (χ0v) is 20.5. The molecule has 176 valence electrons. The summed E-state index contributed by atoms with van der Waals surface area (Å²) in [5.74, 6) is 0. The van der Waals surface area contributed by atoms with Crippen LogP contribution in [0, 0.1) is 0 Å². The average Bonchev–Trinajstić information content (AvgIpc) is 2.99. The lowest BCUT2D eigenvalue weighted by molar-refractivity contribution is 1.53. The standard InChI is InChI=1S/C36H27N/c1-4-10-27(11-5-1)28-16-18-31(19-17-28)35-25-22-32(26-36(35)30-12-6-2-7-13-30)29-20-23-34(24-21-29)37-33-14-8-3-9-15-33/h1-26,37H.